The number of aromatic nitrogens is 2. The van der Waals surface area contributed by atoms with Crippen molar-refractivity contribution in [1.82, 2.24) is 9.55 Å². The predicted octanol–water partition coefficient (Wildman–Crippen LogP) is 6.13. The Morgan fingerprint density at radius 2 is 1.27 bits per heavy atom. The summed E-state index contributed by atoms with van der Waals surface area (Å²) >= 11 is 0. The van der Waals surface area contributed by atoms with Crippen LogP contribution in [0.15, 0.2) is 79.0 Å². The van der Waals surface area contributed by atoms with Crippen molar-refractivity contribution < 1.29 is 0 Å². The van der Waals surface area contributed by atoms with E-state index in [1.54, 1.807) is 0 Å². The van der Waals surface area contributed by atoms with Gasteiger partial charge in [-0.1, -0.05) is 72.8 Å². The van der Waals surface area contributed by atoms with Gasteiger partial charge in [0.25, 0.3) is 0 Å². The molecule has 0 unspecified atom stereocenters. The van der Waals surface area contributed by atoms with Gasteiger partial charge in [-0.25, -0.2) is 4.98 Å². The fourth-order valence-corrected chi connectivity index (χ4v) is 3.58. The van der Waals surface area contributed by atoms with Crippen LogP contribution in [0.5, 0.6) is 0 Å². The molecule has 4 aromatic rings. The number of hydrogen-bond acceptors (Lipinski definition) is 1. The van der Waals surface area contributed by atoms with Gasteiger partial charge in [-0.05, 0) is 37.5 Å². The average molecular weight is 338 g/mol. The molecule has 0 radical (unpaired) electrons. The summed E-state index contributed by atoms with van der Waals surface area (Å²) in [6.07, 6.45) is 2.00. The molecule has 0 fully saturated rings. The first-order chi connectivity index (χ1) is 12.7. The first-order valence-electron chi connectivity index (χ1n) is 8.92. The molecule has 0 N–H and O–H groups in total. The minimum absolute atomic E-state index is 0.973. The van der Waals surface area contributed by atoms with Gasteiger partial charge in [0.15, 0.2) is 0 Å². The number of nitrogens with zero attached hydrogens (tertiary/aromatic N) is 2. The third kappa shape index (κ3) is 2.74. The van der Waals surface area contributed by atoms with Gasteiger partial charge in [0.1, 0.15) is 5.82 Å². The van der Waals surface area contributed by atoms with Crippen molar-refractivity contribution in [3.05, 3.63) is 95.7 Å². The largest absolute Gasteiger partial charge is 0.292 e. The molecule has 0 amide bonds. The second kappa shape index (κ2) is 6.64. The average Bonchev–Trinajstić information content (AvgIpc) is 3.07. The van der Waals surface area contributed by atoms with E-state index in [1.807, 2.05) is 12.3 Å². The van der Waals surface area contributed by atoms with Crippen LogP contribution in [-0.2, 0) is 0 Å². The lowest BCUT2D eigenvalue weighted by Crippen LogP contribution is -2.05. The zero-order chi connectivity index (χ0) is 18.1. The van der Waals surface area contributed by atoms with Crippen LogP contribution in [0.4, 0.5) is 0 Å². The minimum Gasteiger partial charge on any atom is -0.292 e. The van der Waals surface area contributed by atoms with Crippen molar-refractivity contribution in [2.24, 2.45) is 0 Å². The second-order valence-corrected chi connectivity index (χ2v) is 6.72. The molecule has 26 heavy (non-hydrogen) atoms. The van der Waals surface area contributed by atoms with Gasteiger partial charge in [-0.15, -0.1) is 0 Å². The van der Waals surface area contributed by atoms with E-state index in [1.165, 1.54) is 27.9 Å². The fourth-order valence-electron chi connectivity index (χ4n) is 3.58. The van der Waals surface area contributed by atoms with Crippen LogP contribution in [-0.4, -0.2) is 9.55 Å². The van der Waals surface area contributed by atoms with Crippen molar-refractivity contribution in [1.29, 1.82) is 0 Å². The summed E-state index contributed by atoms with van der Waals surface area (Å²) in [5.74, 6) is 0.973. The summed E-state index contributed by atoms with van der Waals surface area (Å²) in [7, 11) is 0. The number of aryl methyl sites for hydroxylation is 3. The molecule has 0 spiro atoms. The third-order valence-electron chi connectivity index (χ3n) is 4.88. The van der Waals surface area contributed by atoms with Gasteiger partial charge < -0.3 is 0 Å². The van der Waals surface area contributed by atoms with E-state index < -0.39 is 0 Å². The molecule has 3 aromatic carbocycles. The summed E-state index contributed by atoms with van der Waals surface area (Å²) in [4.78, 5) is 4.83. The topological polar surface area (TPSA) is 17.8 Å². The van der Waals surface area contributed by atoms with Crippen molar-refractivity contribution in [2.45, 2.75) is 20.8 Å². The van der Waals surface area contributed by atoms with Gasteiger partial charge in [-0.2, -0.15) is 0 Å². The zero-order valence-electron chi connectivity index (χ0n) is 15.4. The van der Waals surface area contributed by atoms with Gasteiger partial charge >= 0.3 is 0 Å². The normalized spacial score (nSPS) is 10.9. The smallest absolute Gasteiger partial charge is 0.145 e. The first-order valence-corrected chi connectivity index (χ1v) is 8.92. The summed E-state index contributed by atoms with van der Waals surface area (Å²) in [6, 6.07) is 25.3. The van der Waals surface area contributed by atoms with Crippen molar-refractivity contribution >= 4 is 0 Å². The van der Waals surface area contributed by atoms with Crippen LogP contribution in [0.2, 0.25) is 0 Å². The third-order valence-corrected chi connectivity index (χ3v) is 4.88. The standard InChI is InChI=1S/C24H22N2/c1-17-10-7-8-15-21(17)22-16-25-24(20-13-5-4-6-14-20)26(22)23-18(2)11-9-12-19(23)3/h4-16H,1-3H3. The number of hydrogen-bond donors (Lipinski definition) is 0. The van der Waals surface area contributed by atoms with Crippen molar-refractivity contribution in [2.75, 3.05) is 0 Å². The van der Waals surface area contributed by atoms with Gasteiger partial charge in [0.05, 0.1) is 17.6 Å². The highest BCUT2D eigenvalue weighted by molar-refractivity contribution is 5.73. The van der Waals surface area contributed by atoms with E-state index in [9.17, 15) is 0 Å². The predicted molar refractivity (Wildman–Crippen MR) is 109 cm³/mol. The molecule has 0 aliphatic carbocycles. The molecule has 4 rings (SSSR count). The molecule has 2 heteroatoms. The van der Waals surface area contributed by atoms with Crippen LogP contribution < -0.4 is 0 Å². The monoisotopic (exact) mass is 338 g/mol. The maximum atomic E-state index is 4.83. The van der Waals surface area contributed by atoms with Gasteiger partial charge in [-0.3, -0.25) is 4.57 Å². The Morgan fingerprint density at radius 1 is 0.654 bits per heavy atom. The lowest BCUT2D eigenvalue weighted by Gasteiger charge is -2.18. The summed E-state index contributed by atoms with van der Waals surface area (Å²) in [5.41, 5.74) is 8.41. The van der Waals surface area contributed by atoms with Crippen LogP contribution in [0.25, 0.3) is 28.3 Å². The van der Waals surface area contributed by atoms with E-state index in [0.717, 1.165) is 17.1 Å². The molecular weight excluding hydrogens is 316 g/mol. The summed E-state index contributed by atoms with van der Waals surface area (Å²) in [6.45, 7) is 6.48. The maximum absolute atomic E-state index is 4.83. The maximum Gasteiger partial charge on any atom is 0.145 e. The van der Waals surface area contributed by atoms with Crippen molar-refractivity contribution in [3.63, 3.8) is 0 Å². The Bertz CT molecular complexity index is 1040. The molecule has 0 atom stereocenters. The fraction of sp³-hybridized carbons (Fsp3) is 0.125. The highest BCUT2D eigenvalue weighted by atomic mass is 15.1. The van der Waals surface area contributed by atoms with Crippen LogP contribution >= 0.6 is 0 Å². The number of benzene rings is 3. The Balaban J connectivity index is 2.07. The highest BCUT2D eigenvalue weighted by Gasteiger charge is 2.18. The van der Waals surface area contributed by atoms with E-state index >= 15 is 0 Å². The van der Waals surface area contributed by atoms with Crippen LogP contribution in [0, 0.1) is 20.8 Å². The first kappa shape index (κ1) is 16.3. The van der Waals surface area contributed by atoms with Crippen molar-refractivity contribution in [3.8, 4) is 28.3 Å². The Labute approximate surface area is 154 Å². The van der Waals surface area contributed by atoms with Crippen LogP contribution in [0.3, 0.4) is 0 Å². The van der Waals surface area contributed by atoms with Gasteiger partial charge in [0, 0.05) is 11.1 Å². The quantitative estimate of drug-likeness (QED) is 0.439. The molecule has 0 bridgehead atoms. The lowest BCUT2D eigenvalue weighted by molar-refractivity contribution is 1.04. The zero-order valence-corrected chi connectivity index (χ0v) is 15.4. The minimum atomic E-state index is 0.973. The highest BCUT2D eigenvalue weighted by Crippen LogP contribution is 2.34. The van der Waals surface area contributed by atoms with E-state index in [2.05, 4.69) is 92.1 Å². The van der Waals surface area contributed by atoms with Gasteiger partial charge in [0.2, 0.25) is 0 Å². The molecule has 1 aromatic heterocycles. The molecule has 0 aliphatic rings. The molecule has 0 saturated carbocycles. The number of rotatable bonds is 3. The number of imidazole rings is 1. The Hall–Kier alpha value is -3.13. The molecule has 2 nitrogen and oxygen atoms in total. The Kier molecular flexibility index (Phi) is 4.18. The summed E-state index contributed by atoms with van der Waals surface area (Å²) in [5, 5.41) is 0. The second-order valence-electron chi connectivity index (χ2n) is 6.72. The molecule has 1 heterocycles. The Morgan fingerprint density at radius 3 is 1.96 bits per heavy atom. The van der Waals surface area contributed by atoms with E-state index in [0.29, 0.717) is 0 Å². The molecular formula is C24H22N2. The lowest BCUT2D eigenvalue weighted by atomic mass is 10.0. The van der Waals surface area contributed by atoms with E-state index in [-0.39, 0.29) is 0 Å². The SMILES string of the molecule is Cc1ccccc1-c1cnc(-c2ccccc2)n1-c1c(C)cccc1C. The molecule has 0 aliphatic heterocycles. The molecule has 0 saturated heterocycles. The molecule has 128 valence electrons. The number of para-hydroxylation sites is 1. The van der Waals surface area contributed by atoms with E-state index in [4.69, 9.17) is 4.98 Å². The van der Waals surface area contributed by atoms with Crippen LogP contribution in [0.1, 0.15) is 16.7 Å². The summed E-state index contributed by atoms with van der Waals surface area (Å²) < 4.78 is 2.31.